The van der Waals surface area contributed by atoms with E-state index in [9.17, 15) is 0 Å². The highest BCUT2D eigenvalue weighted by Gasteiger charge is 2.28. The zero-order chi connectivity index (χ0) is 16.9. The first-order valence-corrected chi connectivity index (χ1v) is 9.73. The van der Waals surface area contributed by atoms with Gasteiger partial charge in [-0.2, -0.15) is 0 Å². The van der Waals surface area contributed by atoms with Crippen molar-refractivity contribution in [3.8, 4) is 0 Å². The van der Waals surface area contributed by atoms with Gasteiger partial charge in [0.05, 0.1) is 0 Å². The monoisotopic (exact) mass is 334 g/mol. The molecule has 0 aliphatic carbocycles. The van der Waals surface area contributed by atoms with Crippen LogP contribution in [0.15, 0.2) is 6.07 Å². The lowest BCUT2D eigenvalue weighted by Gasteiger charge is -2.24. The molecule has 22 heavy (non-hydrogen) atoms. The van der Waals surface area contributed by atoms with Crippen LogP contribution >= 0.6 is 22.7 Å². The molecule has 2 aromatic rings. The Kier molecular flexibility index (Phi) is 4.68. The second kappa shape index (κ2) is 5.79. The van der Waals surface area contributed by atoms with E-state index in [4.69, 9.17) is 0 Å². The molecule has 0 aliphatic rings. The summed E-state index contributed by atoms with van der Waals surface area (Å²) in [5.41, 5.74) is 4.89. The van der Waals surface area contributed by atoms with Gasteiger partial charge in [0, 0.05) is 24.9 Å². The standard InChI is InChI=1S/C20H30S2/c1-12-10-16(22-17(12)19(5,6)7)11-20(8,9)18-14(3)13(2)15(4)21-18/h10H,11H2,1-9H3. The summed E-state index contributed by atoms with van der Waals surface area (Å²) in [6, 6.07) is 2.41. The van der Waals surface area contributed by atoms with Gasteiger partial charge in [0.2, 0.25) is 0 Å². The Hall–Kier alpha value is -0.600. The molecular formula is C20H30S2. The van der Waals surface area contributed by atoms with E-state index in [1.54, 1.807) is 4.88 Å². The van der Waals surface area contributed by atoms with Crippen molar-refractivity contribution in [2.45, 2.75) is 79.6 Å². The van der Waals surface area contributed by atoms with Crippen LogP contribution in [-0.2, 0) is 17.3 Å². The molecule has 0 saturated carbocycles. The summed E-state index contributed by atoms with van der Waals surface area (Å²) >= 11 is 4.00. The van der Waals surface area contributed by atoms with Gasteiger partial charge in [-0.05, 0) is 62.3 Å². The fraction of sp³-hybridized carbons (Fsp3) is 0.600. The Balaban J connectivity index is 2.35. The molecule has 0 unspecified atom stereocenters. The quantitative estimate of drug-likeness (QED) is 0.575. The first kappa shape index (κ1) is 17.7. The lowest BCUT2D eigenvalue weighted by atomic mass is 9.84. The smallest absolute Gasteiger partial charge is 0.0140 e. The van der Waals surface area contributed by atoms with E-state index in [1.165, 1.54) is 31.3 Å². The van der Waals surface area contributed by atoms with Crippen molar-refractivity contribution in [3.05, 3.63) is 42.3 Å². The molecule has 0 amide bonds. The molecule has 0 atom stereocenters. The molecule has 2 heteroatoms. The van der Waals surface area contributed by atoms with Gasteiger partial charge in [0.25, 0.3) is 0 Å². The van der Waals surface area contributed by atoms with Crippen molar-refractivity contribution in [1.82, 2.24) is 0 Å². The number of aryl methyl sites for hydroxylation is 2. The van der Waals surface area contributed by atoms with Crippen LogP contribution in [0, 0.1) is 27.7 Å². The van der Waals surface area contributed by atoms with E-state index in [0.717, 1.165) is 6.42 Å². The number of hydrogen-bond donors (Lipinski definition) is 0. The number of thiophene rings is 2. The largest absolute Gasteiger partial charge is 0.145 e. The van der Waals surface area contributed by atoms with Crippen molar-refractivity contribution in [3.63, 3.8) is 0 Å². The summed E-state index contributed by atoms with van der Waals surface area (Å²) in [6.45, 7) is 20.8. The molecule has 2 rings (SSSR count). The second-order valence-corrected chi connectivity index (χ2v) is 10.6. The Bertz CT molecular complexity index is 675. The van der Waals surface area contributed by atoms with Crippen molar-refractivity contribution in [1.29, 1.82) is 0 Å². The minimum absolute atomic E-state index is 0.209. The fourth-order valence-electron chi connectivity index (χ4n) is 3.28. The molecule has 0 aliphatic heterocycles. The predicted molar refractivity (Wildman–Crippen MR) is 103 cm³/mol. The molecule has 0 spiro atoms. The fourth-order valence-corrected chi connectivity index (χ4v) is 6.01. The molecular weight excluding hydrogens is 304 g/mol. The maximum absolute atomic E-state index is 2.41. The van der Waals surface area contributed by atoms with Gasteiger partial charge in [0.15, 0.2) is 0 Å². The van der Waals surface area contributed by atoms with E-state index >= 15 is 0 Å². The SMILES string of the molecule is Cc1cc(CC(C)(C)c2sc(C)c(C)c2C)sc1C(C)(C)C. The summed E-state index contributed by atoms with van der Waals surface area (Å²) in [7, 11) is 0. The van der Waals surface area contributed by atoms with Crippen LogP contribution < -0.4 is 0 Å². The second-order valence-electron chi connectivity index (χ2n) is 8.27. The van der Waals surface area contributed by atoms with Gasteiger partial charge in [-0.15, -0.1) is 22.7 Å². The Morgan fingerprint density at radius 3 is 1.82 bits per heavy atom. The zero-order valence-electron chi connectivity index (χ0n) is 15.6. The average Bonchev–Trinajstić information content (AvgIpc) is 2.84. The molecule has 0 aromatic carbocycles. The van der Waals surface area contributed by atoms with Crippen LogP contribution in [0.2, 0.25) is 0 Å². The van der Waals surface area contributed by atoms with Gasteiger partial charge in [-0.25, -0.2) is 0 Å². The summed E-state index contributed by atoms with van der Waals surface area (Å²) < 4.78 is 0. The lowest BCUT2D eigenvalue weighted by Crippen LogP contribution is -2.19. The Labute approximate surface area is 144 Å². The van der Waals surface area contributed by atoms with E-state index in [0.29, 0.717) is 0 Å². The van der Waals surface area contributed by atoms with Gasteiger partial charge >= 0.3 is 0 Å². The third kappa shape index (κ3) is 3.33. The minimum atomic E-state index is 0.209. The van der Waals surface area contributed by atoms with Crippen LogP contribution in [0.4, 0.5) is 0 Å². The maximum Gasteiger partial charge on any atom is 0.0140 e. The molecule has 122 valence electrons. The summed E-state index contributed by atoms with van der Waals surface area (Å²) in [6.07, 6.45) is 1.13. The van der Waals surface area contributed by atoms with Gasteiger partial charge in [-0.1, -0.05) is 34.6 Å². The number of rotatable bonds is 3. The maximum atomic E-state index is 2.41. The molecule has 0 radical (unpaired) electrons. The Morgan fingerprint density at radius 2 is 1.41 bits per heavy atom. The van der Waals surface area contributed by atoms with E-state index in [1.807, 2.05) is 22.7 Å². The van der Waals surface area contributed by atoms with Crippen molar-refractivity contribution < 1.29 is 0 Å². The molecule has 0 saturated heterocycles. The number of hydrogen-bond acceptors (Lipinski definition) is 2. The van der Waals surface area contributed by atoms with Crippen LogP contribution in [0.1, 0.15) is 70.8 Å². The first-order valence-electron chi connectivity index (χ1n) is 8.10. The molecule has 2 aromatic heterocycles. The molecule has 0 bridgehead atoms. The van der Waals surface area contributed by atoms with Crippen LogP contribution in [0.3, 0.4) is 0 Å². The zero-order valence-corrected chi connectivity index (χ0v) is 17.2. The lowest BCUT2D eigenvalue weighted by molar-refractivity contribution is 0.535. The third-order valence-electron chi connectivity index (χ3n) is 4.57. The van der Waals surface area contributed by atoms with Crippen LogP contribution in [-0.4, -0.2) is 0 Å². The van der Waals surface area contributed by atoms with Gasteiger partial charge < -0.3 is 0 Å². The summed E-state index contributed by atoms with van der Waals surface area (Å²) in [4.78, 5) is 6.09. The molecule has 0 nitrogen and oxygen atoms in total. The minimum Gasteiger partial charge on any atom is -0.145 e. The van der Waals surface area contributed by atoms with Crippen LogP contribution in [0.25, 0.3) is 0 Å². The van der Waals surface area contributed by atoms with Gasteiger partial charge in [-0.3, -0.25) is 0 Å². The predicted octanol–water partition coefficient (Wildman–Crippen LogP) is 6.86. The normalized spacial score (nSPS) is 13.0. The molecule has 2 heterocycles. The highest BCUT2D eigenvalue weighted by molar-refractivity contribution is 7.13. The molecule has 0 N–H and O–H groups in total. The van der Waals surface area contributed by atoms with Crippen molar-refractivity contribution in [2.75, 3.05) is 0 Å². The van der Waals surface area contributed by atoms with Crippen molar-refractivity contribution in [2.24, 2.45) is 0 Å². The van der Waals surface area contributed by atoms with Crippen LogP contribution in [0.5, 0.6) is 0 Å². The first-order chi connectivity index (χ1) is 9.93. The molecule has 0 fully saturated rings. The topological polar surface area (TPSA) is 0 Å². The Morgan fingerprint density at radius 1 is 0.818 bits per heavy atom. The summed E-state index contributed by atoms with van der Waals surface area (Å²) in [5, 5.41) is 0. The third-order valence-corrected chi connectivity index (χ3v) is 7.91. The van der Waals surface area contributed by atoms with Gasteiger partial charge in [0.1, 0.15) is 0 Å². The van der Waals surface area contributed by atoms with E-state index < -0.39 is 0 Å². The highest BCUT2D eigenvalue weighted by atomic mass is 32.1. The van der Waals surface area contributed by atoms with Crippen molar-refractivity contribution >= 4 is 22.7 Å². The van der Waals surface area contributed by atoms with E-state index in [2.05, 4.69) is 68.4 Å². The average molecular weight is 335 g/mol. The highest BCUT2D eigenvalue weighted by Crippen LogP contribution is 2.41. The summed E-state index contributed by atoms with van der Waals surface area (Å²) in [5.74, 6) is 0. The van der Waals surface area contributed by atoms with E-state index in [-0.39, 0.29) is 10.8 Å².